The molecule has 4 rings (SSSR count). The van der Waals surface area contributed by atoms with Crippen molar-refractivity contribution in [1.82, 2.24) is 20.2 Å². The molecule has 172 valence electrons. The summed E-state index contributed by atoms with van der Waals surface area (Å²) in [6.07, 6.45) is 4.49. The highest BCUT2D eigenvalue weighted by Crippen LogP contribution is 2.23. The molecule has 0 aliphatic heterocycles. The Labute approximate surface area is 199 Å². The van der Waals surface area contributed by atoms with Gasteiger partial charge < -0.3 is 5.32 Å². The Morgan fingerprint density at radius 3 is 2.67 bits per heavy atom. The number of anilines is 1. The van der Waals surface area contributed by atoms with Crippen molar-refractivity contribution in [3.8, 4) is 5.69 Å². The van der Waals surface area contributed by atoms with Gasteiger partial charge in [0, 0.05) is 17.1 Å². The van der Waals surface area contributed by atoms with Gasteiger partial charge >= 0.3 is 0 Å². The number of benzene rings is 2. The van der Waals surface area contributed by atoms with Gasteiger partial charge in [-0.15, -0.1) is 10.2 Å². The molecule has 0 spiro atoms. The Kier molecular flexibility index (Phi) is 7.78. The zero-order chi connectivity index (χ0) is 23.0. The van der Waals surface area contributed by atoms with Crippen molar-refractivity contribution < 1.29 is 4.79 Å². The fourth-order valence-corrected chi connectivity index (χ4v) is 4.59. The highest BCUT2D eigenvalue weighted by atomic mass is 32.2. The van der Waals surface area contributed by atoms with Crippen molar-refractivity contribution in [1.29, 1.82) is 0 Å². The Balaban J connectivity index is 1.44. The summed E-state index contributed by atoms with van der Waals surface area (Å²) in [6.45, 7) is 4.76. The van der Waals surface area contributed by atoms with E-state index in [2.05, 4.69) is 52.0 Å². The maximum Gasteiger partial charge on any atom is 0.250 e. The Hall–Kier alpha value is -3.13. The van der Waals surface area contributed by atoms with Gasteiger partial charge in [-0.05, 0) is 56.4 Å². The number of nitrogens with one attached hydrogen (secondary N) is 2. The third-order valence-corrected chi connectivity index (χ3v) is 6.69. The monoisotopic (exact) mass is 462 g/mol. The molecule has 3 aromatic rings. The van der Waals surface area contributed by atoms with Crippen LogP contribution >= 0.6 is 11.8 Å². The average Bonchev–Trinajstić information content (AvgIpc) is 3.25. The minimum Gasteiger partial charge on any atom is -0.378 e. The fraction of sp³-hybridized carbons (Fsp3) is 0.360. The zero-order valence-electron chi connectivity index (χ0n) is 19.1. The minimum atomic E-state index is -0.132. The number of hydrazone groups is 1. The lowest BCUT2D eigenvalue weighted by Gasteiger charge is -2.19. The van der Waals surface area contributed by atoms with Gasteiger partial charge in [-0.3, -0.25) is 9.36 Å². The molecule has 1 amide bonds. The van der Waals surface area contributed by atoms with Gasteiger partial charge in [-0.2, -0.15) is 5.10 Å². The van der Waals surface area contributed by atoms with Crippen molar-refractivity contribution in [2.45, 2.75) is 51.2 Å². The quantitative estimate of drug-likeness (QED) is 0.365. The van der Waals surface area contributed by atoms with Crippen molar-refractivity contribution in [3.63, 3.8) is 0 Å². The van der Waals surface area contributed by atoms with E-state index in [1.54, 1.807) is 0 Å². The molecule has 1 saturated carbocycles. The highest BCUT2D eigenvalue weighted by Gasteiger charge is 2.18. The van der Waals surface area contributed by atoms with Crippen molar-refractivity contribution in [2.75, 3.05) is 11.1 Å². The summed E-state index contributed by atoms with van der Waals surface area (Å²) in [4.78, 5) is 12.4. The fourth-order valence-electron chi connectivity index (χ4n) is 3.83. The lowest BCUT2D eigenvalue weighted by molar-refractivity contribution is -0.118. The van der Waals surface area contributed by atoms with Crippen LogP contribution in [-0.4, -0.2) is 32.1 Å². The van der Waals surface area contributed by atoms with Crippen LogP contribution in [0.15, 0.2) is 64.9 Å². The van der Waals surface area contributed by atoms with Crippen molar-refractivity contribution in [3.05, 3.63) is 66.0 Å². The molecule has 1 unspecified atom stereocenters. The topological polar surface area (TPSA) is 84.2 Å². The highest BCUT2D eigenvalue weighted by molar-refractivity contribution is 7.99. The van der Waals surface area contributed by atoms with Crippen LogP contribution in [0.25, 0.3) is 5.69 Å². The van der Waals surface area contributed by atoms with E-state index in [1.165, 1.54) is 23.7 Å². The number of carbonyl (C=O) groups is 1. The predicted octanol–water partition coefficient (Wildman–Crippen LogP) is 4.96. The van der Waals surface area contributed by atoms with Crippen LogP contribution in [0, 0.1) is 12.8 Å². The second kappa shape index (κ2) is 11.1. The number of aromatic nitrogens is 3. The van der Waals surface area contributed by atoms with E-state index >= 15 is 0 Å². The normalized spacial score (nSPS) is 17.2. The largest absolute Gasteiger partial charge is 0.378 e. The third kappa shape index (κ3) is 6.22. The number of hydrogen-bond donors (Lipinski definition) is 2. The van der Waals surface area contributed by atoms with E-state index in [4.69, 9.17) is 0 Å². The Morgan fingerprint density at radius 2 is 1.91 bits per heavy atom. The molecule has 1 aliphatic carbocycles. The SMILES string of the molecule is Cc1ccc(NCc2nnc(SCC(=O)NN=C3CCCCC3C)n2-c2ccccc2)cc1. The van der Waals surface area contributed by atoms with Crippen molar-refractivity contribution >= 4 is 29.1 Å². The van der Waals surface area contributed by atoms with Gasteiger partial charge in [-0.25, -0.2) is 5.43 Å². The molecule has 7 nitrogen and oxygen atoms in total. The molecular formula is C25H30N6OS. The maximum absolute atomic E-state index is 12.4. The molecule has 1 fully saturated rings. The van der Waals surface area contributed by atoms with E-state index in [9.17, 15) is 4.79 Å². The Bertz CT molecular complexity index is 1090. The van der Waals surface area contributed by atoms with Crippen molar-refractivity contribution in [2.24, 2.45) is 11.0 Å². The van der Waals surface area contributed by atoms with Gasteiger partial charge in [0.05, 0.1) is 12.3 Å². The maximum atomic E-state index is 12.4. The number of rotatable bonds is 8. The first-order chi connectivity index (χ1) is 16.1. The number of para-hydroxylation sites is 1. The van der Waals surface area contributed by atoms with Gasteiger partial charge in [0.15, 0.2) is 11.0 Å². The summed E-state index contributed by atoms with van der Waals surface area (Å²) in [5.41, 5.74) is 7.02. The molecule has 1 aliphatic rings. The molecule has 1 atom stereocenters. The summed E-state index contributed by atoms with van der Waals surface area (Å²) < 4.78 is 1.99. The molecule has 8 heteroatoms. The first-order valence-corrected chi connectivity index (χ1v) is 12.4. The molecule has 33 heavy (non-hydrogen) atoms. The van der Waals surface area contributed by atoms with Crippen LogP contribution in [0.4, 0.5) is 5.69 Å². The van der Waals surface area contributed by atoms with E-state index < -0.39 is 0 Å². The van der Waals surface area contributed by atoms with Crippen LogP contribution in [0.3, 0.4) is 0 Å². The predicted molar refractivity (Wildman–Crippen MR) is 134 cm³/mol. The number of hydrogen-bond acceptors (Lipinski definition) is 6. The molecular weight excluding hydrogens is 432 g/mol. The summed E-state index contributed by atoms with van der Waals surface area (Å²) in [7, 11) is 0. The lowest BCUT2D eigenvalue weighted by atomic mass is 9.89. The first-order valence-electron chi connectivity index (χ1n) is 11.4. The number of thioether (sulfide) groups is 1. The molecule has 1 aromatic heterocycles. The number of aryl methyl sites for hydroxylation is 1. The minimum absolute atomic E-state index is 0.132. The molecule has 2 N–H and O–H groups in total. The van der Waals surface area contributed by atoms with E-state index in [1.807, 2.05) is 47.0 Å². The van der Waals surface area contributed by atoms with E-state index in [0.717, 1.165) is 42.2 Å². The molecule has 1 heterocycles. The molecule has 2 aromatic carbocycles. The standard InChI is InChI=1S/C25H30N6OS/c1-18-12-14-20(15-13-18)26-16-23-28-30-25(31(23)21-9-4-3-5-10-21)33-17-24(32)29-27-22-11-7-6-8-19(22)2/h3-5,9-10,12-15,19,26H,6-8,11,16-17H2,1-2H3,(H,29,32). The third-order valence-electron chi connectivity index (χ3n) is 5.76. The molecule has 0 saturated heterocycles. The van der Waals surface area contributed by atoms with Crippen LogP contribution in [0.1, 0.15) is 44.0 Å². The first kappa shape index (κ1) is 23.0. The van der Waals surface area contributed by atoms with E-state index in [0.29, 0.717) is 17.6 Å². The number of amides is 1. The summed E-state index contributed by atoms with van der Waals surface area (Å²) in [6, 6.07) is 18.2. The number of carbonyl (C=O) groups excluding carboxylic acids is 1. The van der Waals surface area contributed by atoms with Crippen LogP contribution in [0.2, 0.25) is 0 Å². The van der Waals surface area contributed by atoms with Crippen LogP contribution in [-0.2, 0) is 11.3 Å². The van der Waals surface area contributed by atoms with Gasteiger partial charge in [0.1, 0.15) is 0 Å². The second-order valence-corrected chi connectivity index (χ2v) is 9.31. The lowest BCUT2D eigenvalue weighted by Crippen LogP contribution is -2.25. The van der Waals surface area contributed by atoms with Gasteiger partial charge in [0.25, 0.3) is 5.91 Å². The summed E-state index contributed by atoms with van der Waals surface area (Å²) in [5, 5.41) is 17.2. The molecule has 0 radical (unpaired) electrons. The zero-order valence-corrected chi connectivity index (χ0v) is 19.9. The smallest absolute Gasteiger partial charge is 0.250 e. The van der Waals surface area contributed by atoms with E-state index in [-0.39, 0.29) is 11.7 Å². The van der Waals surface area contributed by atoms with Gasteiger partial charge in [0.2, 0.25) is 0 Å². The summed E-state index contributed by atoms with van der Waals surface area (Å²) in [5.74, 6) is 1.31. The Morgan fingerprint density at radius 1 is 1.12 bits per heavy atom. The van der Waals surface area contributed by atoms with Gasteiger partial charge in [-0.1, -0.05) is 61.0 Å². The summed E-state index contributed by atoms with van der Waals surface area (Å²) >= 11 is 1.36. The average molecular weight is 463 g/mol. The van der Waals surface area contributed by atoms with Crippen LogP contribution < -0.4 is 10.7 Å². The molecule has 0 bridgehead atoms. The van der Waals surface area contributed by atoms with Crippen LogP contribution in [0.5, 0.6) is 0 Å². The second-order valence-electron chi connectivity index (χ2n) is 8.36. The number of nitrogens with zero attached hydrogens (tertiary/aromatic N) is 4.